The second-order valence-corrected chi connectivity index (χ2v) is 5.56. The van der Waals surface area contributed by atoms with Crippen molar-refractivity contribution in [2.24, 2.45) is 0 Å². The zero-order valence-corrected chi connectivity index (χ0v) is 14.2. The molecule has 0 spiro atoms. The lowest BCUT2D eigenvalue weighted by atomic mass is 9.95. The Balaban J connectivity index is 2.44. The van der Waals surface area contributed by atoms with Crippen molar-refractivity contribution in [3.8, 4) is 5.75 Å². The summed E-state index contributed by atoms with van der Waals surface area (Å²) in [6, 6.07) is 6.60. The summed E-state index contributed by atoms with van der Waals surface area (Å²) in [6.07, 6.45) is 0.836. The van der Waals surface area contributed by atoms with Crippen LogP contribution >= 0.6 is 0 Å². The Morgan fingerprint density at radius 3 is 2.71 bits per heavy atom. The zero-order valence-electron chi connectivity index (χ0n) is 14.2. The molecule has 0 aliphatic carbocycles. The summed E-state index contributed by atoms with van der Waals surface area (Å²) in [6.45, 7) is 2.59. The van der Waals surface area contributed by atoms with Gasteiger partial charge in [0, 0.05) is 26.7 Å². The number of Topliss-reactive ketones (excluding diaryl/α,β-unsaturated/α-hetero) is 1. The minimum absolute atomic E-state index is 0.160. The van der Waals surface area contributed by atoms with Crippen molar-refractivity contribution in [3.63, 3.8) is 0 Å². The van der Waals surface area contributed by atoms with Gasteiger partial charge in [-0.3, -0.25) is 9.59 Å². The molecule has 1 N–H and O–H groups in total. The van der Waals surface area contributed by atoms with Crippen molar-refractivity contribution in [1.82, 2.24) is 4.90 Å². The van der Waals surface area contributed by atoms with Gasteiger partial charge >= 0.3 is 0 Å². The van der Waals surface area contributed by atoms with Crippen molar-refractivity contribution in [3.05, 3.63) is 41.2 Å². The highest BCUT2D eigenvalue weighted by molar-refractivity contribution is 6.08. The van der Waals surface area contributed by atoms with Crippen LogP contribution < -0.4 is 4.74 Å². The predicted octanol–water partition coefficient (Wildman–Crippen LogP) is 2.41. The molecule has 1 heterocycles. The third kappa shape index (κ3) is 3.43. The first-order chi connectivity index (χ1) is 11.5. The molecule has 0 aromatic heterocycles. The molecule has 0 saturated carbocycles. The van der Waals surface area contributed by atoms with E-state index in [1.807, 2.05) is 6.07 Å². The van der Waals surface area contributed by atoms with E-state index in [4.69, 9.17) is 9.47 Å². The van der Waals surface area contributed by atoms with Gasteiger partial charge in [-0.25, -0.2) is 0 Å². The molecule has 130 valence electrons. The molecule has 2 rings (SSSR count). The second-order valence-electron chi connectivity index (χ2n) is 5.56. The first-order valence-corrected chi connectivity index (χ1v) is 7.95. The Morgan fingerprint density at radius 1 is 1.33 bits per heavy atom. The number of carbonyl (C=O) groups excluding carboxylic acids is 2. The summed E-state index contributed by atoms with van der Waals surface area (Å²) >= 11 is 0. The van der Waals surface area contributed by atoms with Crippen LogP contribution in [0.1, 0.15) is 31.4 Å². The highest BCUT2D eigenvalue weighted by Crippen LogP contribution is 2.39. The van der Waals surface area contributed by atoms with E-state index in [2.05, 4.69) is 0 Å². The standard InChI is InChI=1S/C18H23NO5/c1-4-14(20)15-16(12-7-5-8-13(11-12)24-3)19(9-6-10-23-2)18(22)17(15)21/h5,7-8,11,16,21H,4,6,9-10H2,1-3H3. The number of aliphatic hydroxyl groups is 1. The molecule has 1 aliphatic heterocycles. The van der Waals surface area contributed by atoms with Crippen molar-refractivity contribution >= 4 is 11.7 Å². The third-order valence-corrected chi connectivity index (χ3v) is 4.08. The Kier molecular flexibility index (Phi) is 5.98. The highest BCUT2D eigenvalue weighted by atomic mass is 16.5. The van der Waals surface area contributed by atoms with E-state index in [0.29, 0.717) is 25.3 Å². The normalized spacial score (nSPS) is 17.5. The van der Waals surface area contributed by atoms with Crippen LogP contribution in [-0.2, 0) is 14.3 Å². The van der Waals surface area contributed by atoms with Crippen molar-refractivity contribution in [2.45, 2.75) is 25.8 Å². The molecule has 1 aliphatic rings. The number of methoxy groups -OCH3 is 2. The summed E-state index contributed by atoms with van der Waals surface area (Å²) in [7, 11) is 3.15. The number of amides is 1. The van der Waals surface area contributed by atoms with Gasteiger partial charge < -0.3 is 19.5 Å². The minimum atomic E-state index is -0.600. The van der Waals surface area contributed by atoms with E-state index in [-0.39, 0.29) is 17.8 Å². The van der Waals surface area contributed by atoms with Crippen LogP contribution in [0.3, 0.4) is 0 Å². The molecule has 1 amide bonds. The third-order valence-electron chi connectivity index (χ3n) is 4.08. The molecule has 0 saturated heterocycles. The average molecular weight is 333 g/mol. The fraction of sp³-hybridized carbons (Fsp3) is 0.444. The minimum Gasteiger partial charge on any atom is -0.503 e. The fourth-order valence-electron chi connectivity index (χ4n) is 2.90. The Labute approximate surface area is 141 Å². The van der Waals surface area contributed by atoms with E-state index in [0.717, 1.165) is 5.56 Å². The Bertz CT molecular complexity index is 653. The molecule has 1 atom stereocenters. The molecular formula is C18H23NO5. The molecule has 1 unspecified atom stereocenters. The molecule has 6 heteroatoms. The maximum atomic E-state index is 12.5. The smallest absolute Gasteiger partial charge is 0.290 e. The summed E-state index contributed by atoms with van der Waals surface area (Å²) in [5.74, 6) is -0.572. The van der Waals surface area contributed by atoms with Crippen molar-refractivity contribution < 1.29 is 24.2 Å². The van der Waals surface area contributed by atoms with E-state index in [9.17, 15) is 14.7 Å². The zero-order chi connectivity index (χ0) is 17.7. The first-order valence-electron chi connectivity index (χ1n) is 7.95. The van der Waals surface area contributed by atoms with Crippen LogP contribution in [0.15, 0.2) is 35.6 Å². The van der Waals surface area contributed by atoms with Gasteiger partial charge in [0.2, 0.25) is 0 Å². The Hall–Kier alpha value is -2.34. The van der Waals surface area contributed by atoms with E-state index >= 15 is 0 Å². The van der Waals surface area contributed by atoms with Crippen LogP contribution in [-0.4, -0.2) is 49.1 Å². The summed E-state index contributed by atoms with van der Waals surface area (Å²) in [5, 5.41) is 10.2. The summed E-state index contributed by atoms with van der Waals surface area (Å²) < 4.78 is 10.3. The van der Waals surface area contributed by atoms with Gasteiger partial charge in [-0.1, -0.05) is 19.1 Å². The average Bonchev–Trinajstić information content (AvgIpc) is 2.86. The molecule has 0 bridgehead atoms. The molecule has 6 nitrogen and oxygen atoms in total. The second kappa shape index (κ2) is 7.97. The molecule has 0 radical (unpaired) electrons. The summed E-state index contributed by atoms with van der Waals surface area (Å²) in [5.41, 5.74) is 0.897. The van der Waals surface area contributed by atoms with Crippen LogP contribution in [0.2, 0.25) is 0 Å². The lowest BCUT2D eigenvalue weighted by molar-refractivity contribution is -0.129. The highest BCUT2D eigenvalue weighted by Gasteiger charge is 2.42. The van der Waals surface area contributed by atoms with Gasteiger partial charge in [-0.05, 0) is 24.1 Å². The van der Waals surface area contributed by atoms with Crippen LogP contribution in [0.4, 0.5) is 0 Å². The van der Waals surface area contributed by atoms with Crippen LogP contribution in [0.25, 0.3) is 0 Å². The monoisotopic (exact) mass is 333 g/mol. The largest absolute Gasteiger partial charge is 0.503 e. The molecule has 0 fully saturated rings. The van der Waals surface area contributed by atoms with Gasteiger partial charge in [0.15, 0.2) is 11.5 Å². The lowest BCUT2D eigenvalue weighted by Crippen LogP contribution is -2.32. The molecule has 1 aromatic rings. The number of ether oxygens (including phenoxy) is 2. The van der Waals surface area contributed by atoms with E-state index in [1.54, 1.807) is 39.3 Å². The van der Waals surface area contributed by atoms with Gasteiger partial charge in [-0.2, -0.15) is 0 Å². The van der Waals surface area contributed by atoms with Crippen LogP contribution in [0.5, 0.6) is 5.75 Å². The van der Waals surface area contributed by atoms with Gasteiger partial charge in [0.05, 0.1) is 18.7 Å². The van der Waals surface area contributed by atoms with Crippen molar-refractivity contribution in [2.75, 3.05) is 27.4 Å². The fourth-order valence-corrected chi connectivity index (χ4v) is 2.90. The molecule has 24 heavy (non-hydrogen) atoms. The molecule has 1 aromatic carbocycles. The van der Waals surface area contributed by atoms with Gasteiger partial charge in [0.25, 0.3) is 5.91 Å². The van der Waals surface area contributed by atoms with E-state index in [1.165, 1.54) is 4.90 Å². The van der Waals surface area contributed by atoms with Gasteiger partial charge in [0.1, 0.15) is 5.75 Å². The number of hydrogen-bond acceptors (Lipinski definition) is 5. The van der Waals surface area contributed by atoms with Crippen molar-refractivity contribution in [1.29, 1.82) is 0 Å². The SMILES string of the molecule is CCC(=O)C1=C(O)C(=O)N(CCCOC)C1c1cccc(OC)c1. The lowest BCUT2D eigenvalue weighted by Gasteiger charge is -2.27. The number of nitrogens with zero attached hydrogens (tertiary/aromatic N) is 1. The first kappa shape index (κ1) is 18.0. The number of hydrogen-bond donors (Lipinski definition) is 1. The topological polar surface area (TPSA) is 76.1 Å². The number of ketones is 1. The predicted molar refractivity (Wildman–Crippen MR) is 88.9 cm³/mol. The van der Waals surface area contributed by atoms with Crippen LogP contribution in [0, 0.1) is 0 Å². The number of rotatable bonds is 8. The maximum Gasteiger partial charge on any atom is 0.290 e. The maximum absolute atomic E-state index is 12.5. The molecular weight excluding hydrogens is 310 g/mol. The number of benzene rings is 1. The summed E-state index contributed by atoms with van der Waals surface area (Å²) in [4.78, 5) is 26.3. The number of aliphatic hydroxyl groups excluding tert-OH is 1. The quantitative estimate of drug-likeness (QED) is 0.739. The Morgan fingerprint density at radius 2 is 2.08 bits per heavy atom. The van der Waals surface area contributed by atoms with E-state index < -0.39 is 17.7 Å². The van der Waals surface area contributed by atoms with Gasteiger partial charge in [-0.15, -0.1) is 0 Å². The number of carbonyl (C=O) groups is 2.